The number of hydrogen-bond donors (Lipinski definition) is 2. The summed E-state index contributed by atoms with van der Waals surface area (Å²) in [4.78, 5) is 12.4. The van der Waals surface area contributed by atoms with Crippen LogP contribution in [0.25, 0.3) is 0 Å². The first-order valence-corrected chi connectivity index (χ1v) is 9.27. The van der Waals surface area contributed by atoms with Gasteiger partial charge in [-0.25, -0.2) is 0 Å². The van der Waals surface area contributed by atoms with Crippen molar-refractivity contribution in [2.24, 2.45) is 0 Å². The molecule has 5 heteroatoms. The van der Waals surface area contributed by atoms with E-state index in [0.29, 0.717) is 10.6 Å². The Bertz CT molecular complexity index is 910. The summed E-state index contributed by atoms with van der Waals surface area (Å²) in [6.45, 7) is 2.34. The Kier molecular flexibility index (Phi) is 5.80. The lowest BCUT2D eigenvalue weighted by Crippen LogP contribution is -2.87. The fraction of sp³-hybridized carbons (Fsp3) is 0.143. The average Bonchev–Trinajstić information content (AvgIpc) is 3.11. The summed E-state index contributed by atoms with van der Waals surface area (Å²) < 4.78 is 0. The molecule has 0 aliphatic rings. The third kappa shape index (κ3) is 4.37. The van der Waals surface area contributed by atoms with Crippen LogP contribution in [0.5, 0.6) is 0 Å². The van der Waals surface area contributed by atoms with Gasteiger partial charge in [0.2, 0.25) is 0 Å². The van der Waals surface area contributed by atoms with Crippen LogP contribution in [0, 0.1) is 18.3 Å². The van der Waals surface area contributed by atoms with Crippen molar-refractivity contribution in [2.45, 2.75) is 13.0 Å². The second-order valence-corrected chi connectivity index (χ2v) is 6.98. The molecule has 3 rings (SSSR count). The monoisotopic (exact) mass is 362 g/mol. The predicted molar refractivity (Wildman–Crippen MR) is 104 cm³/mol. The molecule has 2 aromatic carbocycles. The fourth-order valence-electron chi connectivity index (χ4n) is 2.80. The lowest BCUT2D eigenvalue weighted by atomic mass is 9.98. The third-order valence-electron chi connectivity index (χ3n) is 4.17. The molecule has 1 atom stereocenters. The summed E-state index contributed by atoms with van der Waals surface area (Å²) >= 11 is 1.36. The Balaban J connectivity index is 1.73. The van der Waals surface area contributed by atoms with E-state index < -0.39 is 0 Å². The maximum atomic E-state index is 12.4. The maximum Gasteiger partial charge on any atom is 0.280 e. The Hall–Kier alpha value is -2.94. The number of nitrogens with zero attached hydrogens (tertiary/aromatic N) is 1. The van der Waals surface area contributed by atoms with E-state index >= 15 is 0 Å². The number of thiophene rings is 1. The van der Waals surface area contributed by atoms with Crippen molar-refractivity contribution < 1.29 is 10.1 Å². The van der Waals surface area contributed by atoms with Crippen molar-refractivity contribution in [3.63, 3.8) is 0 Å². The number of amides is 1. The highest BCUT2D eigenvalue weighted by Gasteiger charge is 2.19. The molecular weight excluding hydrogens is 342 g/mol. The van der Waals surface area contributed by atoms with Crippen molar-refractivity contribution in [1.29, 1.82) is 5.26 Å². The summed E-state index contributed by atoms with van der Waals surface area (Å²) in [5.41, 5.74) is 4.02. The Morgan fingerprint density at radius 1 is 1.12 bits per heavy atom. The highest BCUT2D eigenvalue weighted by Crippen LogP contribution is 2.22. The van der Waals surface area contributed by atoms with Gasteiger partial charge in [0.05, 0.1) is 5.56 Å². The second-order valence-electron chi connectivity index (χ2n) is 6.06. The van der Waals surface area contributed by atoms with Crippen molar-refractivity contribution in [3.8, 4) is 6.07 Å². The van der Waals surface area contributed by atoms with Crippen molar-refractivity contribution in [2.75, 3.05) is 11.9 Å². The summed E-state index contributed by atoms with van der Waals surface area (Å²) in [7, 11) is 0. The minimum absolute atomic E-state index is 0.0429. The van der Waals surface area contributed by atoms with Crippen LogP contribution in [0.15, 0.2) is 66.0 Å². The molecule has 4 nitrogen and oxygen atoms in total. The van der Waals surface area contributed by atoms with Crippen LogP contribution in [0.2, 0.25) is 0 Å². The molecule has 0 aliphatic carbocycles. The first-order valence-electron chi connectivity index (χ1n) is 8.39. The minimum Gasteiger partial charge on any atom is -0.328 e. The number of carbonyl (C=O) groups excluding carboxylic acids is 1. The second kappa shape index (κ2) is 8.43. The molecule has 3 N–H and O–H groups in total. The average molecular weight is 362 g/mol. The Morgan fingerprint density at radius 2 is 1.81 bits per heavy atom. The third-order valence-corrected chi connectivity index (χ3v) is 5.00. The highest BCUT2D eigenvalue weighted by molar-refractivity contribution is 7.14. The van der Waals surface area contributed by atoms with Gasteiger partial charge in [-0.2, -0.15) is 5.26 Å². The van der Waals surface area contributed by atoms with Crippen LogP contribution in [-0.4, -0.2) is 12.5 Å². The van der Waals surface area contributed by atoms with Crippen molar-refractivity contribution in [1.82, 2.24) is 0 Å². The molecule has 0 aliphatic heterocycles. The molecule has 0 saturated heterocycles. The van der Waals surface area contributed by atoms with E-state index in [-0.39, 0.29) is 18.5 Å². The number of carbonyl (C=O) groups is 1. The number of rotatable bonds is 6. The number of hydrogen-bond acceptors (Lipinski definition) is 3. The van der Waals surface area contributed by atoms with E-state index in [4.69, 9.17) is 5.26 Å². The molecule has 0 radical (unpaired) electrons. The van der Waals surface area contributed by atoms with Crippen LogP contribution < -0.4 is 10.6 Å². The molecule has 1 amide bonds. The zero-order chi connectivity index (χ0) is 18.4. The number of benzene rings is 2. The number of nitrogens with one attached hydrogen (secondary N) is 1. The van der Waals surface area contributed by atoms with Crippen LogP contribution in [0.1, 0.15) is 28.3 Å². The summed E-state index contributed by atoms with van der Waals surface area (Å²) in [5, 5.41) is 16.3. The van der Waals surface area contributed by atoms with Gasteiger partial charge in [-0.05, 0) is 18.4 Å². The van der Waals surface area contributed by atoms with Gasteiger partial charge in [0, 0.05) is 11.1 Å². The van der Waals surface area contributed by atoms with Crippen LogP contribution in [0.3, 0.4) is 0 Å². The van der Waals surface area contributed by atoms with Gasteiger partial charge in [-0.3, -0.25) is 4.79 Å². The largest absolute Gasteiger partial charge is 0.328 e. The lowest BCUT2D eigenvalue weighted by Gasteiger charge is -2.16. The van der Waals surface area contributed by atoms with E-state index in [1.165, 1.54) is 16.9 Å². The molecule has 26 heavy (non-hydrogen) atoms. The highest BCUT2D eigenvalue weighted by atomic mass is 32.1. The van der Waals surface area contributed by atoms with Crippen LogP contribution in [0.4, 0.5) is 5.00 Å². The van der Waals surface area contributed by atoms with Gasteiger partial charge in [0.1, 0.15) is 17.1 Å². The number of nitrogens with two attached hydrogens (primary N) is 1. The van der Waals surface area contributed by atoms with Gasteiger partial charge in [0.15, 0.2) is 6.54 Å². The zero-order valence-electron chi connectivity index (χ0n) is 14.5. The minimum atomic E-state index is -0.114. The Morgan fingerprint density at radius 3 is 2.50 bits per heavy atom. The molecular formula is C21H20N3OS+. The fourth-order valence-corrected chi connectivity index (χ4v) is 3.55. The molecule has 1 heterocycles. The SMILES string of the molecule is Cc1ccc([C@H]([NH2+]CC(=O)Nc2sccc2C#N)c2ccccc2)cc1. The van der Waals surface area contributed by atoms with E-state index in [0.717, 1.165) is 11.1 Å². The van der Waals surface area contributed by atoms with E-state index in [2.05, 4.69) is 54.7 Å². The number of quaternary nitrogens is 1. The molecule has 0 spiro atoms. The van der Waals surface area contributed by atoms with Crippen molar-refractivity contribution >= 4 is 22.2 Å². The topological polar surface area (TPSA) is 69.5 Å². The van der Waals surface area contributed by atoms with Crippen LogP contribution >= 0.6 is 11.3 Å². The van der Waals surface area contributed by atoms with Gasteiger partial charge in [0.25, 0.3) is 5.91 Å². The number of anilines is 1. The van der Waals surface area contributed by atoms with E-state index in [1.807, 2.05) is 23.5 Å². The van der Waals surface area contributed by atoms with Gasteiger partial charge >= 0.3 is 0 Å². The van der Waals surface area contributed by atoms with E-state index in [1.54, 1.807) is 11.4 Å². The van der Waals surface area contributed by atoms with Crippen molar-refractivity contribution in [3.05, 3.63) is 88.3 Å². The van der Waals surface area contributed by atoms with Gasteiger partial charge in [-0.15, -0.1) is 11.3 Å². The quantitative estimate of drug-likeness (QED) is 0.707. The zero-order valence-corrected chi connectivity index (χ0v) is 15.3. The summed E-state index contributed by atoms with van der Waals surface area (Å²) in [5.74, 6) is -0.114. The molecule has 3 aromatic rings. The first-order chi connectivity index (χ1) is 12.7. The lowest BCUT2D eigenvalue weighted by molar-refractivity contribution is -0.676. The number of nitriles is 1. The van der Waals surface area contributed by atoms with Crippen LogP contribution in [-0.2, 0) is 4.79 Å². The maximum absolute atomic E-state index is 12.4. The standard InChI is InChI=1S/C21H19N3OS/c1-15-7-9-17(10-8-15)20(16-5-3-2-4-6-16)23-14-19(25)24-21-18(13-22)11-12-26-21/h2-12,20,23H,14H2,1H3,(H,24,25)/p+1/t20-/m1/s1. The molecule has 130 valence electrons. The molecule has 0 bridgehead atoms. The smallest absolute Gasteiger partial charge is 0.280 e. The molecule has 0 unspecified atom stereocenters. The summed E-state index contributed by atoms with van der Waals surface area (Å²) in [6.07, 6.45) is 0. The van der Waals surface area contributed by atoms with E-state index in [9.17, 15) is 4.79 Å². The number of aryl methyl sites for hydroxylation is 1. The van der Waals surface area contributed by atoms with Gasteiger partial charge in [-0.1, -0.05) is 60.2 Å². The molecule has 0 fully saturated rings. The Labute approximate surface area is 157 Å². The summed E-state index contributed by atoms with van der Waals surface area (Å²) in [6, 6.07) is 22.4. The predicted octanol–water partition coefficient (Wildman–Crippen LogP) is 3.22. The molecule has 0 saturated carbocycles. The first kappa shape index (κ1) is 17.9. The molecule has 1 aromatic heterocycles. The normalized spacial score (nSPS) is 11.5. The van der Waals surface area contributed by atoms with Gasteiger partial charge < -0.3 is 10.6 Å².